The molecule has 1 aliphatic rings. The van der Waals surface area contributed by atoms with Crippen molar-refractivity contribution in [1.82, 2.24) is 5.32 Å². The van der Waals surface area contributed by atoms with E-state index in [0.717, 1.165) is 64.2 Å². The summed E-state index contributed by atoms with van der Waals surface area (Å²) in [5.41, 5.74) is 0. The van der Waals surface area contributed by atoms with Gasteiger partial charge in [-0.25, -0.2) is 0 Å². The first-order valence-corrected chi connectivity index (χ1v) is 24.3. The van der Waals surface area contributed by atoms with E-state index in [2.05, 4.69) is 92.1 Å². The quantitative estimate of drug-likeness (QED) is 0.0264. The fraction of sp³-hybridized carbons (Fsp3) is 0.712. The van der Waals surface area contributed by atoms with Gasteiger partial charge in [0.15, 0.2) is 6.29 Å². The van der Waals surface area contributed by atoms with E-state index in [0.29, 0.717) is 12.8 Å². The van der Waals surface area contributed by atoms with E-state index >= 15 is 0 Å². The summed E-state index contributed by atoms with van der Waals surface area (Å²) in [6.45, 7) is 3.60. The Kier molecular flexibility index (Phi) is 38.3. The van der Waals surface area contributed by atoms with Crippen LogP contribution in [-0.2, 0) is 14.3 Å². The fourth-order valence-corrected chi connectivity index (χ4v) is 7.06. The highest BCUT2D eigenvalue weighted by molar-refractivity contribution is 5.76. The summed E-state index contributed by atoms with van der Waals surface area (Å²) in [4.78, 5) is 12.9. The lowest BCUT2D eigenvalue weighted by Gasteiger charge is -2.40. The van der Waals surface area contributed by atoms with E-state index < -0.39 is 49.5 Å². The van der Waals surface area contributed by atoms with Crippen molar-refractivity contribution in [3.63, 3.8) is 0 Å². The van der Waals surface area contributed by atoms with Crippen LogP contribution in [0.15, 0.2) is 85.1 Å². The second-order valence-corrected chi connectivity index (χ2v) is 16.5. The maximum atomic E-state index is 12.9. The van der Waals surface area contributed by atoms with Crippen LogP contribution in [0.25, 0.3) is 0 Å². The third-order valence-corrected chi connectivity index (χ3v) is 10.9. The molecule has 0 aromatic heterocycles. The SMILES string of the molecule is CC/C=C\C/C=C\C/C=C\C/C=C\CCCCC(=O)NC(COC1OC(CO)C(O)C(O)C1O)C(O)/C=C/CC/C=C/CC/C=C/CCCCCCCCCCCCCCC. The number of nitrogens with one attached hydrogen (secondary N) is 1. The van der Waals surface area contributed by atoms with Crippen molar-refractivity contribution in [2.24, 2.45) is 0 Å². The Labute approximate surface area is 371 Å². The van der Waals surface area contributed by atoms with Gasteiger partial charge in [0.25, 0.3) is 0 Å². The number of hydrogen-bond acceptors (Lipinski definition) is 8. The van der Waals surface area contributed by atoms with E-state index in [1.54, 1.807) is 6.08 Å². The molecule has 1 saturated heterocycles. The summed E-state index contributed by atoms with van der Waals surface area (Å²) in [6.07, 6.45) is 50.7. The minimum atomic E-state index is -1.59. The number of aliphatic hydroxyl groups is 5. The Bertz CT molecular complexity index is 1220. The highest BCUT2D eigenvalue weighted by Crippen LogP contribution is 2.22. The molecule has 6 N–H and O–H groups in total. The summed E-state index contributed by atoms with van der Waals surface area (Å²) in [6, 6.07) is -0.854. The van der Waals surface area contributed by atoms with Crippen LogP contribution in [0.2, 0.25) is 0 Å². The third-order valence-electron chi connectivity index (χ3n) is 10.9. The van der Waals surface area contributed by atoms with Gasteiger partial charge in [0.05, 0.1) is 25.4 Å². The minimum absolute atomic E-state index is 0.228. The summed E-state index contributed by atoms with van der Waals surface area (Å²) in [5, 5.41) is 54.2. The van der Waals surface area contributed by atoms with E-state index in [-0.39, 0.29) is 18.9 Å². The lowest BCUT2D eigenvalue weighted by molar-refractivity contribution is -0.302. The van der Waals surface area contributed by atoms with Crippen LogP contribution >= 0.6 is 0 Å². The number of amides is 1. The van der Waals surface area contributed by atoms with Gasteiger partial charge in [0, 0.05) is 6.42 Å². The van der Waals surface area contributed by atoms with Gasteiger partial charge in [-0.15, -0.1) is 0 Å². The molecule has 0 spiro atoms. The van der Waals surface area contributed by atoms with Gasteiger partial charge in [-0.05, 0) is 83.5 Å². The number of aliphatic hydroxyl groups excluding tert-OH is 5. The van der Waals surface area contributed by atoms with Crippen molar-refractivity contribution < 1.29 is 39.8 Å². The van der Waals surface area contributed by atoms with Crippen LogP contribution in [0.1, 0.15) is 181 Å². The second-order valence-electron chi connectivity index (χ2n) is 16.5. The number of carbonyl (C=O) groups is 1. The number of hydrogen-bond donors (Lipinski definition) is 6. The van der Waals surface area contributed by atoms with Gasteiger partial charge >= 0.3 is 0 Å². The molecule has 9 nitrogen and oxygen atoms in total. The van der Waals surface area contributed by atoms with Gasteiger partial charge in [-0.1, -0.05) is 176 Å². The molecule has 61 heavy (non-hydrogen) atoms. The first-order valence-electron chi connectivity index (χ1n) is 24.3. The fourth-order valence-electron chi connectivity index (χ4n) is 7.06. The van der Waals surface area contributed by atoms with Crippen molar-refractivity contribution in [2.45, 2.75) is 224 Å². The van der Waals surface area contributed by atoms with Crippen molar-refractivity contribution >= 4 is 5.91 Å². The molecule has 0 saturated carbocycles. The molecule has 1 aliphatic heterocycles. The lowest BCUT2D eigenvalue weighted by Crippen LogP contribution is -2.60. The standard InChI is InChI=1S/C52H89NO8/c1-3-5-7-9-11-13-15-17-19-20-21-22-23-24-25-26-28-29-31-33-35-37-39-41-46(55)45(44-60-52-51(59)50(58)49(57)47(43-54)61-52)53-48(56)42-40-38-36-34-32-30-27-18-16-14-12-10-8-6-4-2/h6,8,12,14,18,25-27,31-34,39,41,45-47,49-52,54-55,57-59H,3-5,7,9-11,13,15-17,19-24,28-30,35-38,40,42-44H2,1-2H3,(H,53,56)/b8-6-,14-12-,26-25+,27-18-,33-31+,34-32-,41-39+. The average molecular weight is 856 g/mol. The Balaban J connectivity index is 2.39. The van der Waals surface area contributed by atoms with Crippen molar-refractivity contribution in [3.8, 4) is 0 Å². The molecule has 7 unspecified atom stereocenters. The zero-order chi connectivity index (χ0) is 44.4. The van der Waals surface area contributed by atoms with Crippen LogP contribution in [0, 0.1) is 0 Å². The van der Waals surface area contributed by atoms with E-state index in [1.807, 2.05) is 6.08 Å². The van der Waals surface area contributed by atoms with Crippen LogP contribution in [0.5, 0.6) is 0 Å². The highest BCUT2D eigenvalue weighted by Gasteiger charge is 2.44. The third kappa shape index (κ3) is 31.8. The summed E-state index contributed by atoms with van der Waals surface area (Å²) < 4.78 is 11.2. The minimum Gasteiger partial charge on any atom is -0.394 e. The molecular formula is C52H89NO8. The Morgan fingerprint density at radius 2 is 1.03 bits per heavy atom. The zero-order valence-electron chi connectivity index (χ0n) is 38.4. The molecule has 1 rings (SSSR count). The molecule has 0 aromatic carbocycles. The molecule has 0 bridgehead atoms. The second kappa shape index (κ2) is 41.4. The highest BCUT2D eigenvalue weighted by atomic mass is 16.7. The number of carbonyl (C=O) groups excluding carboxylic acids is 1. The monoisotopic (exact) mass is 856 g/mol. The van der Waals surface area contributed by atoms with E-state index in [9.17, 15) is 30.3 Å². The topological polar surface area (TPSA) is 149 Å². The maximum absolute atomic E-state index is 12.9. The van der Waals surface area contributed by atoms with Gasteiger partial charge in [-0.3, -0.25) is 4.79 Å². The van der Waals surface area contributed by atoms with E-state index in [4.69, 9.17) is 9.47 Å². The van der Waals surface area contributed by atoms with Gasteiger partial charge < -0.3 is 40.3 Å². The number of unbranched alkanes of at least 4 members (excludes halogenated alkanes) is 17. The van der Waals surface area contributed by atoms with Crippen molar-refractivity contribution in [3.05, 3.63) is 85.1 Å². The maximum Gasteiger partial charge on any atom is 0.220 e. The van der Waals surface area contributed by atoms with Gasteiger partial charge in [0.1, 0.15) is 24.4 Å². The number of allylic oxidation sites excluding steroid dienone is 13. The Hall–Kier alpha value is -2.63. The Morgan fingerprint density at radius 1 is 0.574 bits per heavy atom. The summed E-state index contributed by atoms with van der Waals surface area (Å²) >= 11 is 0. The van der Waals surface area contributed by atoms with E-state index in [1.165, 1.54) is 83.5 Å². The molecular weight excluding hydrogens is 767 g/mol. The largest absolute Gasteiger partial charge is 0.394 e. The van der Waals surface area contributed by atoms with Crippen LogP contribution < -0.4 is 5.32 Å². The van der Waals surface area contributed by atoms with Gasteiger partial charge in [-0.2, -0.15) is 0 Å². The molecule has 9 heteroatoms. The smallest absolute Gasteiger partial charge is 0.220 e. The molecule has 350 valence electrons. The summed E-state index contributed by atoms with van der Waals surface area (Å²) in [5.74, 6) is -0.235. The van der Waals surface area contributed by atoms with Crippen molar-refractivity contribution in [2.75, 3.05) is 13.2 Å². The molecule has 7 atom stereocenters. The number of ether oxygens (including phenoxy) is 2. The molecule has 1 amide bonds. The first-order chi connectivity index (χ1) is 29.8. The van der Waals surface area contributed by atoms with Crippen molar-refractivity contribution in [1.29, 1.82) is 0 Å². The molecule has 1 fully saturated rings. The molecule has 0 aromatic rings. The predicted molar refractivity (Wildman–Crippen MR) is 253 cm³/mol. The number of rotatable bonds is 39. The first kappa shape index (κ1) is 56.4. The Morgan fingerprint density at radius 3 is 1.57 bits per heavy atom. The molecule has 1 heterocycles. The molecule has 0 aliphatic carbocycles. The lowest BCUT2D eigenvalue weighted by atomic mass is 9.99. The van der Waals surface area contributed by atoms with Crippen LogP contribution in [-0.4, -0.2) is 87.5 Å². The average Bonchev–Trinajstić information content (AvgIpc) is 3.26. The van der Waals surface area contributed by atoms with Gasteiger partial charge in [0.2, 0.25) is 5.91 Å². The van der Waals surface area contributed by atoms with Crippen LogP contribution in [0.3, 0.4) is 0 Å². The normalized spacial score (nSPS) is 21.2. The predicted octanol–water partition coefficient (Wildman–Crippen LogP) is 10.7. The molecule has 0 radical (unpaired) electrons. The summed E-state index contributed by atoms with van der Waals surface area (Å²) in [7, 11) is 0. The van der Waals surface area contributed by atoms with Crippen LogP contribution in [0.4, 0.5) is 0 Å². The zero-order valence-corrected chi connectivity index (χ0v) is 38.4.